The molecule has 5 nitrogen and oxygen atoms in total. The van der Waals surface area contributed by atoms with Gasteiger partial charge in [-0.15, -0.1) is 0 Å². The number of rotatable bonds is 5. The molecule has 0 aliphatic carbocycles. The Morgan fingerprint density at radius 1 is 1.30 bits per heavy atom. The van der Waals surface area contributed by atoms with E-state index in [-0.39, 0.29) is 12.2 Å². The lowest BCUT2D eigenvalue weighted by atomic mass is 9.97. The summed E-state index contributed by atoms with van der Waals surface area (Å²) in [6.07, 6.45) is -3.07. The summed E-state index contributed by atoms with van der Waals surface area (Å²) in [6, 6.07) is 11.8. The monoisotopic (exact) mass is 375 g/mol. The zero-order valence-electron chi connectivity index (χ0n) is 14.4. The quantitative estimate of drug-likeness (QED) is 0.704. The van der Waals surface area contributed by atoms with E-state index in [0.29, 0.717) is 42.1 Å². The summed E-state index contributed by atoms with van der Waals surface area (Å²) in [5, 5.41) is 8.47. The van der Waals surface area contributed by atoms with E-state index in [9.17, 15) is 18.0 Å². The molecule has 8 heteroatoms. The number of carbonyl (C=O) groups is 1. The number of carbonyl (C=O) groups excluding carboxylic acids is 1. The van der Waals surface area contributed by atoms with Gasteiger partial charge in [-0.2, -0.15) is 13.2 Å². The average molecular weight is 375 g/mol. The van der Waals surface area contributed by atoms with E-state index < -0.39 is 11.7 Å². The number of guanidine groups is 1. The lowest BCUT2D eigenvalue weighted by molar-refractivity contribution is -0.137. The Kier molecular flexibility index (Phi) is 5.63. The number of anilines is 1. The van der Waals surface area contributed by atoms with Gasteiger partial charge in [0.05, 0.1) is 5.56 Å². The Bertz CT molecular complexity index is 849. The van der Waals surface area contributed by atoms with Gasteiger partial charge in [-0.1, -0.05) is 18.2 Å². The van der Waals surface area contributed by atoms with Crippen LogP contribution < -0.4 is 16.0 Å². The van der Waals surface area contributed by atoms with Crippen LogP contribution >= 0.6 is 0 Å². The molecule has 1 aliphatic rings. The number of amides is 1. The summed E-state index contributed by atoms with van der Waals surface area (Å²) in [5.41, 5.74) is 1.06. The molecule has 1 amide bonds. The lowest BCUT2D eigenvalue weighted by Gasteiger charge is -2.19. The van der Waals surface area contributed by atoms with Gasteiger partial charge in [-0.05, 0) is 47.4 Å². The fourth-order valence-electron chi connectivity index (χ4n) is 2.80. The van der Waals surface area contributed by atoms with Gasteiger partial charge in [-0.3, -0.25) is 9.79 Å². The Labute approximate surface area is 154 Å². The zero-order chi connectivity index (χ0) is 19.3. The van der Waals surface area contributed by atoms with Crippen LogP contribution in [0.15, 0.2) is 41.4 Å². The van der Waals surface area contributed by atoms with Crippen LogP contribution in [-0.2, 0) is 17.5 Å². The van der Waals surface area contributed by atoms with Crippen molar-refractivity contribution in [1.29, 1.82) is 0 Å². The predicted octanol–water partition coefficient (Wildman–Crippen LogP) is 3.18. The van der Waals surface area contributed by atoms with Crippen molar-refractivity contribution in [2.24, 2.45) is 4.99 Å². The standard InChI is InChI=1S/C19H18F3N4O/c20-19(21,22)15-8-14(17-5-2-1-4-13(17)11-23-12-27)9-16(10-15)26-18-24-6-3-7-25-18/h1-2,5,8-10,12H,3,6-7,11H2,(H,23,27)(H2,24,25,26). The third kappa shape index (κ3) is 4.78. The van der Waals surface area contributed by atoms with E-state index >= 15 is 0 Å². The van der Waals surface area contributed by atoms with Gasteiger partial charge in [0.2, 0.25) is 6.41 Å². The van der Waals surface area contributed by atoms with E-state index in [4.69, 9.17) is 0 Å². The number of alkyl halides is 3. The fourth-order valence-corrected chi connectivity index (χ4v) is 2.80. The van der Waals surface area contributed by atoms with E-state index in [1.165, 1.54) is 0 Å². The van der Waals surface area contributed by atoms with Crippen LogP contribution in [0.3, 0.4) is 0 Å². The van der Waals surface area contributed by atoms with Crippen LogP contribution in [0.5, 0.6) is 0 Å². The van der Waals surface area contributed by atoms with Gasteiger partial charge in [0, 0.05) is 25.3 Å². The SMILES string of the molecule is O=CNCc1[c]cccc1-c1cc(NC2=NCCCN2)cc(C(F)(F)F)c1. The first-order chi connectivity index (χ1) is 13.0. The van der Waals surface area contributed by atoms with Gasteiger partial charge in [0.25, 0.3) is 0 Å². The number of nitrogens with one attached hydrogen (secondary N) is 3. The molecular formula is C19H18F3N4O. The van der Waals surface area contributed by atoms with Crippen LogP contribution in [0, 0.1) is 6.07 Å². The molecule has 1 heterocycles. The molecule has 0 spiro atoms. The lowest BCUT2D eigenvalue weighted by Crippen LogP contribution is -2.35. The maximum absolute atomic E-state index is 13.4. The van der Waals surface area contributed by atoms with Crippen molar-refractivity contribution in [3.05, 3.63) is 53.6 Å². The fraction of sp³-hybridized carbons (Fsp3) is 0.263. The molecule has 141 valence electrons. The molecule has 0 atom stereocenters. The molecule has 0 unspecified atom stereocenters. The molecule has 2 aromatic rings. The highest BCUT2D eigenvalue weighted by molar-refractivity contribution is 5.94. The Morgan fingerprint density at radius 2 is 2.15 bits per heavy atom. The molecule has 0 aromatic heterocycles. The average Bonchev–Trinajstić information content (AvgIpc) is 2.66. The molecule has 1 radical (unpaired) electrons. The van der Waals surface area contributed by atoms with E-state index in [0.717, 1.165) is 18.6 Å². The van der Waals surface area contributed by atoms with Crippen LogP contribution in [0.1, 0.15) is 17.5 Å². The first-order valence-electron chi connectivity index (χ1n) is 8.42. The van der Waals surface area contributed by atoms with Gasteiger partial charge in [0.15, 0.2) is 5.96 Å². The molecule has 27 heavy (non-hydrogen) atoms. The van der Waals surface area contributed by atoms with Crippen molar-refractivity contribution in [3.8, 4) is 11.1 Å². The molecule has 3 rings (SSSR count). The summed E-state index contributed by atoms with van der Waals surface area (Å²) in [7, 11) is 0. The number of aliphatic imine (C=N–C) groups is 1. The summed E-state index contributed by atoms with van der Waals surface area (Å²) < 4.78 is 40.2. The summed E-state index contributed by atoms with van der Waals surface area (Å²) in [4.78, 5) is 14.8. The smallest absolute Gasteiger partial charge is 0.356 e. The Morgan fingerprint density at radius 3 is 2.85 bits per heavy atom. The second-order valence-electron chi connectivity index (χ2n) is 5.99. The van der Waals surface area contributed by atoms with Crippen molar-refractivity contribution < 1.29 is 18.0 Å². The van der Waals surface area contributed by atoms with E-state index in [1.807, 2.05) is 0 Å². The maximum atomic E-state index is 13.4. The first kappa shape index (κ1) is 18.8. The number of nitrogens with zero attached hydrogens (tertiary/aromatic N) is 1. The van der Waals surface area contributed by atoms with Gasteiger partial charge in [-0.25, -0.2) is 0 Å². The van der Waals surface area contributed by atoms with Gasteiger partial charge in [0.1, 0.15) is 0 Å². The topological polar surface area (TPSA) is 65.5 Å². The Balaban J connectivity index is 2.03. The van der Waals surface area contributed by atoms with Gasteiger partial charge < -0.3 is 16.0 Å². The number of hydrogen-bond acceptors (Lipinski definition) is 4. The largest absolute Gasteiger partial charge is 0.416 e. The normalized spacial score (nSPS) is 14.1. The number of halogens is 3. The minimum atomic E-state index is -4.49. The first-order valence-corrected chi connectivity index (χ1v) is 8.42. The van der Waals surface area contributed by atoms with Crippen LogP contribution in [0.25, 0.3) is 11.1 Å². The molecule has 1 aliphatic heterocycles. The van der Waals surface area contributed by atoms with Crippen molar-refractivity contribution in [2.75, 3.05) is 18.4 Å². The van der Waals surface area contributed by atoms with E-state index in [1.54, 1.807) is 24.3 Å². The van der Waals surface area contributed by atoms with Crippen molar-refractivity contribution in [3.63, 3.8) is 0 Å². The molecule has 3 N–H and O–H groups in total. The third-order valence-electron chi connectivity index (χ3n) is 4.04. The molecule has 0 saturated heterocycles. The molecule has 0 saturated carbocycles. The summed E-state index contributed by atoms with van der Waals surface area (Å²) >= 11 is 0. The van der Waals surface area contributed by atoms with Crippen molar-refractivity contribution in [1.82, 2.24) is 10.6 Å². The van der Waals surface area contributed by atoms with E-state index in [2.05, 4.69) is 27.0 Å². The highest BCUT2D eigenvalue weighted by Crippen LogP contribution is 2.35. The zero-order valence-corrected chi connectivity index (χ0v) is 14.4. The second-order valence-corrected chi connectivity index (χ2v) is 5.99. The van der Waals surface area contributed by atoms with Crippen LogP contribution in [0.4, 0.5) is 18.9 Å². The number of hydrogen-bond donors (Lipinski definition) is 3. The van der Waals surface area contributed by atoms with Gasteiger partial charge >= 0.3 is 6.18 Å². The van der Waals surface area contributed by atoms with Crippen molar-refractivity contribution in [2.45, 2.75) is 19.1 Å². The molecular weight excluding hydrogens is 357 g/mol. The highest BCUT2D eigenvalue weighted by Gasteiger charge is 2.31. The maximum Gasteiger partial charge on any atom is 0.416 e. The molecule has 0 fully saturated rings. The summed E-state index contributed by atoms with van der Waals surface area (Å²) in [6.45, 7) is 1.51. The predicted molar refractivity (Wildman–Crippen MR) is 97.2 cm³/mol. The number of benzene rings is 2. The molecule has 0 bridgehead atoms. The van der Waals surface area contributed by atoms with Crippen LogP contribution in [0.2, 0.25) is 0 Å². The highest BCUT2D eigenvalue weighted by atomic mass is 19.4. The molecule has 2 aromatic carbocycles. The second kappa shape index (κ2) is 8.11. The minimum Gasteiger partial charge on any atom is -0.356 e. The third-order valence-corrected chi connectivity index (χ3v) is 4.04. The summed E-state index contributed by atoms with van der Waals surface area (Å²) in [5.74, 6) is 0.453. The van der Waals surface area contributed by atoms with Crippen molar-refractivity contribution >= 4 is 18.1 Å². The van der Waals surface area contributed by atoms with Crippen LogP contribution in [-0.4, -0.2) is 25.5 Å². The minimum absolute atomic E-state index is 0.174. The Hall–Kier alpha value is -3.03.